The van der Waals surface area contributed by atoms with E-state index >= 15 is 0 Å². The van der Waals surface area contributed by atoms with Gasteiger partial charge >= 0.3 is 0 Å². The van der Waals surface area contributed by atoms with Crippen molar-refractivity contribution in [2.24, 2.45) is 17.1 Å². The Labute approximate surface area is 110 Å². The van der Waals surface area contributed by atoms with Crippen LogP contribution in [0.1, 0.15) is 45.7 Å². The molecule has 18 heavy (non-hydrogen) atoms. The first-order chi connectivity index (χ1) is 8.38. The van der Waals surface area contributed by atoms with Crippen molar-refractivity contribution >= 4 is 5.82 Å². The Morgan fingerprint density at radius 1 is 1.44 bits per heavy atom. The molecule has 1 fully saturated rings. The van der Waals surface area contributed by atoms with E-state index in [9.17, 15) is 0 Å². The Kier molecular flexibility index (Phi) is 3.62. The average molecular weight is 247 g/mol. The Morgan fingerprint density at radius 3 is 2.72 bits per heavy atom. The van der Waals surface area contributed by atoms with Crippen LogP contribution in [0.15, 0.2) is 18.3 Å². The second kappa shape index (κ2) is 4.88. The summed E-state index contributed by atoms with van der Waals surface area (Å²) < 4.78 is 0. The summed E-state index contributed by atoms with van der Waals surface area (Å²) in [6.45, 7) is 11.2. The van der Waals surface area contributed by atoms with Crippen LogP contribution in [0.4, 0.5) is 5.82 Å². The normalized spacial score (nSPS) is 22.3. The van der Waals surface area contributed by atoms with E-state index in [-0.39, 0.29) is 6.04 Å². The van der Waals surface area contributed by atoms with Gasteiger partial charge in [0.15, 0.2) is 0 Å². The molecule has 2 heterocycles. The molecule has 1 saturated heterocycles. The van der Waals surface area contributed by atoms with Gasteiger partial charge in [-0.1, -0.05) is 20.8 Å². The van der Waals surface area contributed by atoms with Crippen molar-refractivity contribution in [1.29, 1.82) is 0 Å². The zero-order valence-corrected chi connectivity index (χ0v) is 12.0. The van der Waals surface area contributed by atoms with Crippen LogP contribution in [-0.4, -0.2) is 18.1 Å². The lowest BCUT2D eigenvalue weighted by Crippen LogP contribution is -2.26. The summed E-state index contributed by atoms with van der Waals surface area (Å²) in [6.07, 6.45) is 3.13. The van der Waals surface area contributed by atoms with Gasteiger partial charge in [0.1, 0.15) is 5.82 Å². The molecule has 1 aliphatic rings. The van der Waals surface area contributed by atoms with Gasteiger partial charge in [-0.2, -0.15) is 0 Å². The van der Waals surface area contributed by atoms with Crippen molar-refractivity contribution in [2.75, 3.05) is 18.0 Å². The van der Waals surface area contributed by atoms with E-state index in [0.29, 0.717) is 5.41 Å². The maximum absolute atomic E-state index is 5.93. The van der Waals surface area contributed by atoms with Gasteiger partial charge in [0, 0.05) is 25.3 Å². The minimum atomic E-state index is 0.0766. The van der Waals surface area contributed by atoms with Crippen molar-refractivity contribution in [1.82, 2.24) is 4.98 Å². The first-order valence-electron chi connectivity index (χ1n) is 6.84. The second-order valence-electron chi connectivity index (χ2n) is 6.53. The van der Waals surface area contributed by atoms with Crippen LogP contribution in [0.3, 0.4) is 0 Å². The highest BCUT2D eigenvalue weighted by molar-refractivity contribution is 5.43. The minimum Gasteiger partial charge on any atom is -0.356 e. The fourth-order valence-corrected chi connectivity index (χ4v) is 2.57. The summed E-state index contributed by atoms with van der Waals surface area (Å²) in [4.78, 5) is 6.88. The Morgan fingerprint density at radius 2 is 2.17 bits per heavy atom. The highest BCUT2D eigenvalue weighted by Crippen LogP contribution is 2.35. The molecule has 2 N–H and O–H groups in total. The molecule has 1 aromatic heterocycles. The Balaban J connectivity index is 2.12. The van der Waals surface area contributed by atoms with Crippen LogP contribution in [0.25, 0.3) is 0 Å². The summed E-state index contributed by atoms with van der Waals surface area (Å²) in [6, 6.07) is 4.22. The van der Waals surface area contributed by atoms with Crippen molar-refractivity contribution < 1.29 is 0 Å². The topological polar surface area (TPSA) is 42.1 Å². The van der Waals surface area contributed by atoms with E-state index in [1.54, 1.807) is 0 Å². The molecule has 0 amide bonds. The van der Waals surface area contributed by atoms with Gasteiger partial charge in [-0.25, -0.2) is 4.98 Å². The average Bonchev–Trinajstić information content (AvgIpc) is 2.78. The number of nitrogens with two attached hydrogens (primary N) is 1. The predicted octanol–water partition coefficient (Wildman–Crippen LogP) is 2.97. The maximum atomic E-state index is 5.93. The number of pyridine rings is 1. The van der Waals surface area contributed by atoms with Gasteiger partial charge in [0.05, 0.1) is 0 Å². The Bertz CT molecular complexity index is 406. The van der Waals surface area contributed by atoms with Crippen molar-refractivity contribution in [3.8, 4) is 0 Å². The van der Waals surface area contributed by atoms with E-state index < -0.39 is 0 Å². The first-order valence-corrected chi connectivity index (χ1v) is 6.84. The highest BCUT2D eigenvalue weighted by atomic mass is 15.2. The predicted molar refractivity (Wildman–Crippen MR) is 76.6 cm³/mol. The summed E-state index contributed by atoms with van der Waals surface area (Å²) in [7, 11) is 0. The molecule has 3 heteroatoms. The van der Waals surface area contributed by atoms with Gasteiger partial charge in [0.2, 0.25) is 0 Å². The molecule has 0 aromatic carbocycles. The number of anilines is 1. The number of hydrogen-bond donors (Lipinski definition) is 1. The number of nitrogens with zero attached hydrogens (tertiary/aromatic N) is 2. The largest absolute Gasteiger partial charge is 0.356 e. The van der Waals surface area contributed by atoms with Gasteiger partial charge in [-0.05, 0) is 42.4 Å². The monoisotopic (exact) mass is 247 g/mol. The molecule has 0 saturated carbocycles. The molecular formula is C15H25N3. The summed E-state index contributed by atoms with van der Waals surface area (Å²) >= 11 is 0. The lowest BCUT2D eigenvalue weighted by molar-refractivity contribution is 0.263. The molecule has 0 spiro atoms. The molecule has 1 aliphatic heterocycles. The van der Waals surface area contributed by atoms with Crippen LogP contribution in [0.2, 0.25) is 0 Å². The summed E-state index contributed by atoms with van der Waals surface area (Å²) in [5.74, 6) is 1.83. The summed E-state index contributed by atoms with van der Waals surface area (Å²) in [5.41, 5.74) is 7.48. The molecule has 1 aromatic rings. The van der Waals surface area contributed by atoms with E-state index in [2.05, 4.69) is 36.7 Å². The van der Waals surface area contributed by atoms with Gasteiger partial charge in [0.25, 0.3) is 0 Å². The molecule has 0 bridgehead atoms. The van der Waals surface area contributed by atoms with Crippen LogP contribution in [0, 0.1) is 11.3 Å². The SMILES string of the molecule is CC(N)c1ccnc(N2CCC(C(C)(C)C)C2)c1. The van der Waals surface area contributed by atoms with Crippen molar-refractivity contribution in [3.63, 3.8) is 0 Å². The molecule has 100 valence electrons. The number of rotatable bonds is 2. The van der Waals surface area contributed by atoms with Crippen molar-refractivity contribution in [2.45, 2.75) is 40.2 Å². The first kappa shape index (κ1) is 13.3. The van der Waals surface area contributed by atoms with Crippen LogP contribution in [0.5, 0.6) is 0 Å². The number of aromatic nitrogens is 1. The van der Waals surface area contributed by atoms with Gasteiger partial charge in [-0.3, -0.25) is 0 Å². The third-order valence-corrected chi connectivity index (χ3v) is 4.03. The molecular weight excluding hydrogens is 222 g/mol. The minimum absolute atomic E-state index is 0.0766. The van der Waals surface area contributed by atoms with Crippen LogP contribution < -0.4 is 10.6 Å². The lowest BCUT2D eigenvalue weighted by Gasteiger charge is -2.27. The van der Waals surface area contributed by atoms with E-state index in [1.165, 1.54) is 12.0 Å². The lowest BCUT2D eigenvalue weighted by atomic mass is 9.80. The summed E-state index contributed by atoms with van der Waals surface area (Å²) in [5, 5.41) is 0. The van der Waals surface area contributed by atoms with Gasteiger partial charge < -0.3 is 10.6 Å². The fraction of sp³-hybridized carbons (Fsp3) is 0.667. The van der Waals surface area contributed by atoms with Crippen LogP contribution >= 0.6 is 0 Å². The highest BCUT2D eigenvalue weighted by Gasteiger charge is 2.32. The quantitative estimate of drug-likeness (QED) is 0.873. The number of hydrogen-bond acceptors (Lipinski definition) is 3. The van der Waals surface area contributed by atoms with E-state index in [0.717, 1.165) is 24.8 Å². The van der Waals surface area contributed by atoms with Crippen molar-refractivity contribution in [3.05, 3.63) is 23.9 Å². The molecule has 2 unspecified atom stereocenters. The zero-order chi connectivity index (χ0) is 13.3. The molecule has 3 nitrogen and oxygen atoms in total. The van der Waals surface area contributed by atoms with E-state index in [1.807, 2.05) is 19.2 Å². The molecule has 2 atom stereocenters. The Hall–Kier alpha value is -1.09. The standard InChI is InChI=1S/C15H25N3/c1-11(16)12-5-7-17-14(9-12)18-8-6-13(10-18)15(2,3)4/h5,7,9,11,13H,6,8,10,16H2,1-4H3. The molecule has 0 radical (unpaired) electrons. The van der Waals surface area contributed by atoms with Crippen LogP contribution in [-0.2, 0) is 0 Å². The maximum Gasteiger partial charge on any atom is 0.128 e. The fourth-order valence-electron chi connectivity index (χ4n) is 2.57. The van der Waals surface area contributed by atoms with E-state index in [4.69, 9.17) is 5.73 Å². The molecule has 0 aliphatic carbocycles. The second-order valence-corrected chi connectivity index (χ2v) is 6.53. The smallest absolute Gasteiger partial charge is 0.128 e. The van der Waals surface area contributed by atoms with Gasteiger partial charge in [-0.15, -0.1) is 0 Å². The molecule has 2 rings (SSSR count). The zero-order valence-electron chi connectivity index (χ0n) is 12.0. The third kappa shape index (κ3) is 2.83. The third-order valence-electron chi connectivity index (χ3n) is 4.03.